The number of nitrogens with one attached hydrogen (secondary N) is 1. The van der Waals surface area contributed by atoms with Crippen LogP contribution in [0.1, 0.15) is 25.5 Å². The molecule has 4 nitrogen and oxygen atoms in total. The first kappa shape index (κ1) is 13.7. The van der Waals surface area contributed by atoms with Crippen molar-refractivity contribution in [3.8, 4) is 11.5 Å². The summed E-state index contributed by atoms with van der Waals surface area (Å²) in [6, 6.07) is 5.71. The smallest absolute Gasteiger partial charge is 0.187 e. The molecule has 0 saturated carbocycles. The number of anilines is 2. The van der Waals surface area contributed by atoms with E-state index in [0.29, 0.717) is 11.7 Å². The van der Waals surface area contributed by atoms with Gasteiger partial charge in [-0.3, -0.25) is 0 Å². The van der Waals surface area contributed by atoms with Gasteiger partial charge in [0.2, 0.25) is 0 Å². The highest BCUT2D eigenvalue weighted by Gasteiger charge is 2.08. The van der Waals surface area contributed by atoms with Crippen molar-refractivity contribution in [1.82, 2.24) is 4.98 Å². The second-order valence-corrected chi connectivity index (χ2v) is 5.29. The van der Waals surface area contributed by atoms with E-state index in [1.54, 1.807) is 25.6 Å². The highest BCUT2D eigenvalue weighted by molar-refractivity contribution is 7.13. The molecule has 0 saturated heterocycles. The van der Waals surface area contributed by atoms with Crippen LogP contribution in [0.25, 0.3) is 0 Å². The predicted octanol–water partition coefficient (Wildman–Crippen LogP) is 4.03. The lowest BCUT2D eigenvalue weighted by Crippen LogP contribution is -1.94. The Morgan fingerprint density at radius 1 is 1.16 bits per heavy atom. The highest BCUT2D eigenvalue weighted by atomic mass is 32.1. The molecule has 19 heavy (non-hydrogen) atoms. The van der Waals surface area contributed by atoms with Crippen molar-refractivity contribution in [3.63, 3.8) is 0 Å². The maximum atomic E-state index is 5.28. The number of benzene rings is 1. The Kier molecular flexibility index (Phi) is 4.27. The Morgan fingerprint density at radius 3 is 2.47 bits per heavy atom. The lowest BCUT2D eigenvalue weighted by Gasteiger charge is -2.09. The Balaban J connectivity index is 2.18. The lowest BCUT2D eigenvalue weighted by atomic mass is 10.2. The van der Waals surface area contributed by atoms with E-state index in [2.05, 4.69) is 29.5 Å². The molecule has 5 heteroatoms. The molecule has 1 heterocycles. The third-order valence-electron chi connectivity index (χ3n) is 2.75. The van der Waals surface area contributed by atoms with Gasteiger partial charge in [-0.1, -0.05) is 13.8 Å². The van der Waals surface area contributed by atoms with Crippen LogP contribution in [-0.2, 0) is 0 Å². The van der Waals surface area contributed by atoms with Crippen molar-refractivity contribution in [2.24, 2.45) is 0 Å². The lowest BCUT2D eigenvalue weighted by molar-refractivity contribution is 0.355. The zero-order valence-electron chi connectivity index (χ0n) is 11.6. The van der Waals surface area contributed by atoms with Gasteiger partial charge < -0.3 is 14.8 Å². The van der Waals surface area contributed by atoms with Gasteiger partial charge >= 0.3 is 0 Å². The molecule has 0 aliphatic carbocycles. The van der Waals surface area contributed by atoms with E-state index in [1.807, 2.05) is 18.2 Å². The molecular weight excluding hydrogens is 260 g/mol. The molecule has 0 fully saturated rings. The summed E-state index contributed by atoms with van der Waals surface area (Å²) >= 11 is 1.60. The van der Waals surface area contributed by atoms with Gasteiger partial charge in [-0.05, 0) is 18.1 Å². The maximum Gasteiger partial charge on any atom is 0.187 e. The van der Waals surface area contributed by atoms with Crippen molar-refractivity contribution >= 4 is 22.2 Å². The standard InChI is InChI=1S/C14H18N2O2S/c1-9(2)11-8-19-14(16-11)15-10-5-6-12(17-3)13(7-10)18-4/h5-9H,1-4H3,(H,15,16). The van der Waals surface area contributed by atoms with E-state index in [-0.39, 0.29) is 0 Å². The van der Waals surface area contributed by atoms with Crippen LogP contribution in [0, 0.1) is 0 Å². The zero-order valence-corrected chi connectivity index (χ0v) is 12.4. The minimum absolute atomic E-state index is 0.442. The molecule has 2 aromatic rings. The van der Waals surface area contributed by atoms with Gasteiger partial charge in [0, 0.05) is 17.1 Å². The van der Waals surface area contributed by atoms with E-state index < -0.39 is 0 Å². The van der Waals surface area contributed by atoms with Crippen LogP contribution in [-0.4, -0.2) is 19.2 Å². The molecule has 102 valence electrons. The van der Waals surface area contributed by atoms with Crippen LogP contribution < -0.4 is 14.8 Å². The summed E-state index contributed by atoms with van der Waals surface area (Å²) in [6.07, 6.45) is 0. The fourth-order valence-electron chi connectivity index (χ4n) is 1.65. The van der Waals surface area contributed by atoms with Crippen LogP contribution in [0.2, 0.25) is 0 Å². The number of aromatic nitrogens is 1. The molecule has 0 aliphatic heterocycles. The number of methoxy groups -OCH3 is 2. The number of rotatable bonds is 5. The maximum absolute atomic E-state index is 5.28. The molecule has 0 radical (unpaired) electrons. The molecule has 1 aromatic carbocycles. The quantitative estimate of drug-likeness (QED) is 0.896. The molecule has 0 bridgehead atoms. The van der Waals surface area contributed by atoms with Crippen LogP contribution >= 0.6 is 11.3 Å². The first-order valence-electron chi connectivity index (χ1n) is 6.08. The fraction of sp³-hybridized carbons (Fsp3) is 0.357. The molecule has 0 aliphatic rings. The van der Waals surface area contributed by atoms with Crippen LogP contribution in [0.3, 0.4) is 0 Å². The van der Waals surface area contributed by atoms with Crippen LogP contribution in [0.15, 0.2) is 23.6 Å². The Labute approximate surface area is 117 Å². The number of nitrogens with zero attached hydrogens (tertiary/aromatic N) is 1. The third kappa shape index (κ3) is 3.17. The summed E-state index contributed by atoms with van der Waals surface area (Å²) in [5, 5.41) is 6.24. The summed E-state index contributed by atoms with van der Waals surface area (Å²) in [5.74, 6) is 1.86. The number of thiazole rings is 1. The van der Waals surface area contributed by atoms with E-state index >= 15 is 0 Å². The van der Waals surface area contributed by atoms with E-state index in [1.165, 1.54) is 0 Å². The first-order chi connectivity index (χ1) is 9.13. The van der Waals surface area contributed by atoms with Gasteiger partial charge in [0.05, 0.1) is 19.9 Å². The molecule has 0 atom stereocenters. The minimum Gasteiger partial charge on any atom is -0.493 e. The topological polar surface area (TPSA) is 43.4 Å². The molecule has 0 unspecified atom stereocenters. The predicted molar refractivity (Wildman–Crippen MR) is 79.0 cm³/mol. The second kappa shape index (κ2) is 5.93. The van der Waals surface area contributed by atoms with Gasteiger partial charge in [0.1, 0.15) is 0 Å². The molecule has 1 aromatic heterocycles. The van der Waals surface area contributed by atoms with Crippen LogP contribution in [0.5, 0.6) is 11.5 Å². The number of ether oxygens (including phenoxy) is 2. The highest BCUT2D eigenvalue weighted by Crippen LogP contribution is 2.32. The van der Waals surface area contributed by atoms with Crippen molar-refractivity contribution in [3.05, 3.63) is 29.3 Å². The normalized spacial score (nSPS) is 10.6. The molecule has 2 rings (SSSR count). The SMILES string of the molecule is COc1ccc(Nc2nc(C(C)C)cs2)cc1OC. The average molecular weight is 278 g/mol. The van der Waals surface area contributed by atoms with Gasteiger partial charge in [-0.15, -0.1) is 11.3 Å². The summed E-state index contributed by atoms with van der Waals surface area (Å²) in [7, 11) is 3.25. The molecular formula is C14H18N2O2S. The molecule has 0 amide bonds. The van der Waals surface area contributed by atoms with Gasteiger partial charge in [0.25, 0.3) is 0 Å². The second-order valence-electron chi connectivity index (χ2n) is 4.43. The number of hydrogen-bond acceptors (Lipinski definition) is 5. The van der Waals surface area contributed by atoms with Crippen molar-refractivity contribution in [2.75, 3.05) is 19.5 Å². The van der Waals surface area contributed by atoms with Crippen molar-refractivity contribution < 1.29 is 9.47 Å². The monoisotopic (exact) mass is 278 g/mol. The first-order valence-corrected chi connectivity index (χ1v) is 6.96. The molecule has 0 spiro atoms. The zero-order chi connectivity index (χ0) is 13.8. The van der Waals surface area contributed by atoms with Gasteiger partial charge in [-0.25, -0.2) is 4.98 Å². The summed E-state index contributed by atoms with van der Waals surface area (Å²) in [6.45, 7) is 4.27. The van der Waals surface area contributed by atoms with E-state index in [9.17, 15) is 0 Å². The largest absolute Gasteiger partial charge is 0.493 e. The third-order valence-corrected chi connectivity index (χ3v) is 3.52. The summed E-state index contributed by atoms with van der Waals surface area (Å²) < 4.78 is 10.5. The fourth-order valence-corrected chi connectivity index (χ4v) is 2.54. The Hall–Kier alpha value is -1.75. The van der Waals surface area contributed by atoms with Crippen molar-refractivity contribution in [2.45, 2.75) is 19.8 Å². The minimum atomic E-state index is 0.442. The average Bonchev–Trinajstić information content (AvgIpc) is 2.87. The van der Waals surface area contributed by atoms with E-state index in [0.717, 1.165) is 22.3 Å². The summed E-state index contributed by atoms with van der Waals surface area (Å²) in [4.78, 5) is 4.54. The molecule has 1 N–H and O–H groups in total. The number of hydrogen-bond donors (Lipinski definition) is 1. The summed E-state index contributed by atoms with van der Waals surface area (Å²) in [5.41, 5.74) is 2.04. The Morgan fingerprint density at radius 2 is 1.89 bits per heavy atom. The van der Waals surface area contributed by atoms with E-state index in [4.69, 9.17) is 9.47 Å². The Bertz CT molecular complexity index is 552. The van der Waals surface area contributed by atoms with Crippen LogP contribution in [0.4, 0.5) is 10.8 Å². The van der Waals surface area contributed by atoms with Gasteiger partial charge in [0.15, 0.2) is 16.6 Å². The van der Waals surface area contributed by atoms with Gasteiger partial charge in [-0.2, -0.15) is 0 Å². The van der Waals surface area contributed by atoms with Crippen molar-refractivity contribution in [1.29, 1.82) is 0 Å².